The first-order valence-corrected chi connectivity index (χ1v) is 10.3. The molecule has 0 radical (unpaired) electrons. The number of urea groups is 1. The van der Waals surface area contributed by atoms with Gasteiger partial charge in [-0.25, -0.2) is 14.8 Å². The largest absolute Gasteiger partial charge is 0.343 e. The van der Waals surface area contributed by atoms with Crippen LogP contribution in [-0.2, 0) is 6.54 Å². The highest BCUT2D eigenvalue weighted by molar-refractivity contribution is 5.87. The number of amides is 2. The highest BCUT2D eigenvalue weighted by Crippen LogP contribution is 2.31. The third-order valence-electron chi connectivity index (χ3n) is 5.41. The molecule has 0 bridgehead atoms. The van der Waals surface area contributed by atoms with Crippen molar-refractivity contribution in [2.24, 2.45) is 0 Å². The topological polar surface area (TPSA) is 112 Å². The molecule has 1 aliphatic heterocycles. The molecule has 4 heterocycles. The van der Waals surface area contributed by atoms with Crippen molar-refractivity contribution in [3.8, 4) is 11.5 Å². The summed E-state index contributed by atoms with van der Waals surface area (Å²) in [6.07, 6.45) is 5.70. The van der Waals surface area contributed by atoms with Gasteiger partial charge in [0.1, 0.15) is 5.69 Å². The van der Waals surface area contributed by atoms with E-state index < -0.39 is 0 Å². The Kier molecular flexibility index (Phi) is 6.08. The second kappa shape index (κ2) is 9.08. The van der Waals surface area contributed by atoms with Crippen LogP contribution in [0.4, 0.5) is 10.7 Å². The van der Waals surface area contributed by atoms with E-state index in [2.05, 4.69) is 43.6 Å². The third kappa shape index (κ3) is 4.68. The van der Waals surface area contributed by atoms with E-state index in [0.717, 1.165) is 48.8 Å². The normalized spacial score (nSPS) is 15.3. The molecule has 1 aliphatic rings. The van der Waals surface area contributed by atoms with Crippen LogP contribution < -0.4 is 10.6 Å². The summed E-state index contributed by atoms with van der Waals surface area (Å²) in [5.41, 5.74) is 4.09. The van der Waals surface area contributed by atoms with E-state index in [1.54, 1.807) is 12.3 Å². The quantitative estimate of drug-likeness (QED) is 0.576. The number of H-pyrrole nitrogens is 1. The minimum atomic E-state index is -0.289. The van der Waals surface area contributed by atoms with Crippen molar-refractivity contribution >= 4 is 11.9 Å². The number of piperidine rings is 1. The molecule has 0 atom stereocenters. The maximum Gasteiger partial charge on any atom is 0.321 e. The Hall–Kier alpha value is -3.20. The fourth-order valence-corrected chi connectivity index (χ4v) is 3.93. The van der Waals surface area contributed by atoms with E-state index in [1.807, 2.05) is 19.2 Å². The zero-order valence-electron chi connectivity index (χ0n) is 17.3. The lowest BCUT2D eigenvalue weighted by atomic mass is 9.88. The van der Waals surface area contributed by atoms with E-state index in [0.29, 0.717) is 24.9 Å². The summed E-state index contributed by atoms with van der Waals surface area (Å²) in [6.45, 7) is 7.17. The Morgan fingerprint density at radius 1 is 1.33 bits per heavy atom. The van der Waals surface area contributed by atoms with Gasteiger partial charge in [-0.15, -0.1) is 0 Å². The standard InChI is InChI=1S/C21H27N7O2/c1-3-22-21(29)26-19-12-16(27-30-19)13-28-10-6-15(7-11-28)17-4-5-18(25-14(17)2)20-23-8-9-24-20/h4-5,8-9,12,15H,3,6-7,10-11,13H2,1-2H3,(H,23,24)(H2,22,26,29). The number of rotatable bonds is 6. The van der Waals surface area contributed by atoms with Gasteiger partial charge in [0.15, 0.2) is 5.82 Å². The minimum Gasteiger partial charge on any atom is -0.343 e. The summed E-state index contributed by atoms with van der Waals surface area (Å²) in [5.74, 6) is 1.67. The van der Waals surface area contributed by atoms with Crippen molar-refractivity contribution < 1.29 is 9.32 Å². The summed E-state index contributed by atoms with van der Waals surface area (Å²) in [4.78, 5) is 26.1. The summed E-state index contributed by atoms with van der Waals surface area (Å²) < 4.78 is 5.21. The first kappa shape index (κ1) is 20.1. The summed E-state index contributed by atoms with van der Waals surface area (Å²) in [5, 5.41) is 9.37. The van der Waals surface area contributed by atoms with Gasteiger partial charge in [-0.2, -0.15) is 0 Å². The maximum atomic E-state index is 11.6. The number of pyridine rings is 1. The Balaban J connectivity index is 1.31. The molecule has 0 aliphatic carbocycles. The minimum absolute atomic E-state index is 0.289. The zero-order chi connectivity index (χ0) is 20.9. The fourth-order valence-electron chi connectivity index (χ4n) is 3.93. The predicted molar refractivity (Wildman–Crippen MR) is 113 cm³/mol. The van der Waals surface area contributed by atoms with Gasteiger partial charge >= 0.3 is 6.03 Å². The van der Waals surface area contributed by atoms with Gasteiger partial charge in [0.2, 0.25) is 5.88 Å². The number of hydrogen-bond acceptors (Lipinski definition) is 6. The number of aromatic amines is 1. The number of imidazole rings is 1. The lowest BCUT2D eigenvalue weighted by molar-refractivity contribution is 0.199. The van der Waals surface area contributed by atoms with E-state index in [9.17, 15) is 4.79 Å². The Labute approximate surface area is 175 Å². The predicted octanol–water partition coefficient (Wildman–Crippen LogP) is 3.29. The molecule has 1 fully saturated rings. The summed E-state index contributed by atoms with van der Waals surface area (Å²) in [7, 11) is 0. The van der Waals surface area contributed by atoms with Gasteiger partial charge in [0.25, 0.3) is 0 Å². The Morgan fingerprint density at radius 3 is 2.87 bits per heavy atom. The second-order valence-electron chi connectivity index (χ2n) is 7.53. The summed E-state index contributed by atoms with van der Waals surface area (Å²) in [6, 6.07) is 5.73. The number of nitrogens with one attached hydrogen (secondary N) is 3. The molecule has 0 aromatic carbocycles. The van der Waals surface area contributed by atoms with Gasteiger partial charge in [-0.3, -0.25) is 10.2 Å². The lowest BCUT2D eigenvalue weighted by Gasteiger charge is -2.32. The van der Waals surface area contributed by atoms with Crippen LogP contribution >= 0.6 is 0 Å². The van der Waals surface area contributed by atoms with E-state index >= 15 is 0 Å². The molecule has 0 unspecified atom stereocenters. The van der Waals surface area contributed by atoms with E-state index in [1.165, 1.54) is 5.56 Å². The van der Waals surface area contributed by atoms with Crippen molar-refractivity contribution in [1.29, 1.82) is 0 Å². The van der Waals surface area contributed by atoms with Crippen molar-refractivity contribution in [3.63, 3.8) is 0 Å². The van der Waals surface area contributed by atoms with Crippen LogP contribution in [0.1, 0.15) is 42.6 Å². The molecule has 3 aromatic heterocycles. The highest BCUT2D eigenvalue weighted by Gasteiger charge is 2.23. The van der Waals surface area contributed by atoms with Crippen LogP contribution in [0.3, 0.4) is 0 Å². The molecule has 0 spiro atoms. The van der Waals surface area contributed by atoms with Crippen LogP contribution in [0.2, 0.25) is 0 Å². The molecule has 158 valence electrons. The highest BCUT2D eigenvalue weighted by atomic mass is 16.5. The number of anilines is 1. The molecule has 2 amide bonds. The Morgan fingerprint density at radius 2 is 2.17 bits per heavy atom. The number of likely N-dealkylation sites (tertiary alicyclic amines) is 1. The third-order valence-corrected chi connectivity index (χ3v) is 5.41. The first-order valence-electron chi connectivity index (χ1n) is 10.3. The van der Waals surface area contributed by atoms with Crippen molar-refractivity contribution in [1.82, 2.24) is 30.3 Å². The molecule has 9 heteroatoms. The first-order chi connectivity index (χ1) is 14.6. The van der Waals surface area contributed by atoms with Crippen LogP contribution in [0.5, 0.6) is 0 Å². The van der Waals surface area contributed by atoms with Gasteiger partial charge in [0, 0.05) is 37.2 Å². The molecule has 9 nitrogen and oxygen atoms in total. The van der Waals surface area contributed by atoms with Crippen LogP contribution in [0.15, 0.2) is 35.1 Å². The van der Waals surface area contributed by atoms with Crippen LogP contribution in [0, 0.1) is 6.92 Å². The molecular formula is C21H27N7O2. The number of hydrogen-bond donors (Lipinski definition) is 3. The molecule has 1 saturated heterocycles. The molecular weight excluding hydrogens is 382 g/mol. The maximum absolute atomic E-state index is 11.6. The number of carbonyl (C=O) groups is 1. The van der Waals surface area contributed by atoms with Gasteiger partial charge in [-0.05, 0) is 57.3 Å². The van der Waals surface area contributed by atoms with Crippen LogP contribution in [-0.4, -0.2) is 50.7 Å². The molecule has 3 N–H and O–H groups in total. The molecule has 30 heavy (non-hydrogen) atoms. The summed E-state index contributed by atoms with van der Waals surface area (Å²) >= 11 is 0. The van der Waals surface area contributed by atoms with E-state index in [4.69, 9.17) is 9.51 Å². The second-order valence-corrected chi connectivity index (χ2v) is 7.53. The van der Waals surface area contributed by atoms with Gasteiger partial charge < -0.3 is 14.8 Å². The zero-order valence-corrected chi connectivity index (χ0v) is 17.3. The molecule has 4 rings (SSSR count). The average Bonchev–Trinajstić information content (AvgIpc) is 3.41. The Bertz CT molecular complexity index is 975. The number of nitrogens with zero attached hydrogens (tertiary/aromatic N) is 4. The lowest BCUT2D eigenvalue weighted by Crippen LogP contribution is -2.32. The van der Waals surface area contributed by atoms with Crippen molar-refractivity contribution in [2.75, 3.05) is 25.0 Å². The van der Waals surface area contributed by atoms with Gasteiger partial charge in [-0.1, -0.05) is 11.2 Å². The molecule has 0 saturated carbocycles. The number of carbonyl (C=O) groups excluding carboxylic acids is 1. The van der Waals surface area contributed by atoms with Crippen LogP contribution in [0.25, 0.3) is 11.5 Å². The monoisotopic (exact) mass is 409 g/mol. The fraction of sp³-hybridized carbons (Fsp3) is 0.429. The van der Waals surface area contributed by atoms with Crippen molar-refractivity contribution in [3.05, 3.63) is 47.5 Å². The smallest absolute Gasteiger partial charge is 0.321 e. The average molecular weight is 409 g/mol. The van der Waals surface area contributed by atoms with E-state index in [-0.39, 0.29) is 6.03 Å². The number of aromatic nitrogens is 4. The molecule has 3 aromatic rings. The number of aryl methyl sites for hydroxylation is 1. The SMILES string of the molecule is CCNC(=O)Nc1cc(CN2CCC(c3ccc(-c4ncc[nH]4)nc3C)CC2)no1. The van der Waals surface area contributed by atoms with Gasteiger partial charge in [0.05, 0.1) is 5.69 Å². The van der Waals surface area contributed by atoms with Crippen molar-refractivity contribution in [2.45, 2.75) is 39.2 Å².